The van der Waals surface area contributed by atoms with Crippen LogP contribution in [0.25, 0.3) is 6.08 Å². The Labute approximate surface area is 230 Å². The number of allylic oxidation sites excluding steroid dienone is 1. The number of hydrogen-bond donors (Lipinski definition) is 2. The Morgan fingerprint density at radius 1 is 0.925 bits per heavy atom. The van der Waals surface area contributed by atoms with Gasteiger partial charge < -0.3 is 10.6 Å². The summed E-state index contributed by atoms with van der Waals surface area (Å²) in [5.74, 6) is -6.09. The Hall–Kier alpha value is -3.00. The summed E-state index contributed by atoms with van der Waals surface area (Å²) >= 11 is 11.1. The van der Waals surface area contributed by atoms with Crippen LogP contribution >= 0.6 is 23.2 Å². The molecular formula is C24H18Cl2F10N2O2. The summed E-state index contributed by atoms with van der Waals surface area (Å²) in [7, 11) is 0. The van der Waals surface area contributed by atoms with Crippen LogP contribution in [-0.2, 0) is 11.0 Å². The van der Waals surface area contributed by atoms with Crippen LogP contribution in [0.15, 0.2) is 36.4 Å². The largest absolute Gasteiger partial charge is 0.417 e. The molecular weight excluding hydrogens is 609 g/mol. The van der Waals surface area contributed by atoms with Crippen molar-refractivity contribution in [1.82, 2.24) is 10.6 Å². The number of carbonyl (C=O) groups excluding carboxylic acids is 2. The predicted molar refractivity (Wildman–Crippen MR) is 126 cm³/mol. The number of rotatable bonds is 8. The maximum atomic E-state index is 13.7. The van der Waals surface area contributed by atoms with E-state index in [-0.39, 0.29) is 0 Å². The number of nitrogens with one attached hydrogen (secondary N) is 2. The Morgan fingerprint density at radius 2 is 1.50 bits per heavy atom. The first kappa shape index (κ1) is 33.2. The van der Waals surface area contributed by atoms with Crippen molar-refractivity contribution >= 4 is 41.1 Å². The smallest absolute Gasteiger partial charge is 0.336 e. The summed E-state index contributed by atoms with van der Waals surface area (Å²) in [6, 6.07) is 3.32. The summed E-state index contributed by atoms with van der Waals surface area (Å²) < 4.78 is 132. The van der Waals surface area contributed by atoms with E-state index in [0.29, 0.717) is 36.4 Å². The molecule has 40 heavy (non-hydrogen) atoms. The monoisotopic (exact) mass is 626 g/mol. The second-order valence-corrected chi connectivity index (χ2v) is 9.17. The minimum Gasteiger partial charge on any atom is -0.336 e. The molecule has 1 unspecified atom stereocenters. The van der Waals surface area contributed by atoms with E-state index >= 15 is 0 Å². The fourth-order valence-electron chi connectivity index (χ4n) is 3.35. The molecule has 0 heterocycles. The highest BCUT2D eigenvalue weighted by atomic mass is 35.5. The van der Waals surface area contributed by atoms with Crippen molar-refractivity contribution in [2.45, 2.75) is 50.4 Å². The van der Waals surface area contributed by atoms with Gasteiger partial charge in [0.2, 0.25) is 5.91 Å². The van der Waals surface area contributed by atoms with Gasteiger partial charge in [0.1, 0.15) is 0 Å². The van der Waals surface area contributed by atoms with Gasteiger partial charge in [-0.2, -0.15) is 39.5 Å². The number of carbonyl (C=O) groups is 2. The van der Waals surface area contributed by atoms with Crippen LogP contribution in [0.5, 0.6) is 0 Å². The maximum absolute atomic E-state index is 13.7. The molecule has 0 aliphatic heterocycles. The Morgan fingerprint density at radius 3 is 2.00 bits per heavy atom. The summed E-state index contributed by atoms with van der Waals surface area (Å²) in [6.07, 6.45) is -17.4. The van der Waals surface area contributed by atoms with Crippen LogP contribution in [-0.4, -0.2) is 30.3 Å². The highest BCUT2D eigenvalue weighted by Crippen LogP contribution is 2.40. The first-order chi connectivity index (χ1) is 18.2. The molecule has 4 nitrogen and oxygen atoms in total. The van der Waals surface area contributed by atoms with Crippen LogP contribution in [0, 0.1) is 5.82 Å². The normalized spacial score (nSPS) is 14.2. The Balaban J connectivity index is 2.31. The molecule has 2 atom stereocenters. The lowest BCUT2D eigenvalue weighted by Gasteiger charge is -2.19. The number of amides is 2. The molecule has 0 saturated carbocycles. The average Bonchev–Trinajstić information content (AvgIpc) is 2.79. The first-order valence-electron chi connectivity index (χ1n) is 11.0. The molecule has 0 radical (unpaired) electrons. The number of benzene rings is 2. The second-order valence-electron chi connectivity index (χ2n) is 8.36. The molecule has 0 fully saturated rings. The zero-order valence-electron chi connectivity index (χ0n) is 20.0. The van der Waals surface area contributed by atoms with Crippen molar-refractivity contribution in [2.75, 3.05) is 0 Å². The van der Waals surface area contributed by atoms with E-state index < -0.39 is 93.4 Å². The molecule has 0 aliphatic carbocycles. The Bertz CT molecular complexity index is 1250. The molecule has 0 saturated heterocycles. The molecule has 2 aromatic carbocycles. The van der Waals surface area contributed by atoms with Gasteiger partial charge in [-0.1, -0.05) is 41.4 Å². The topological polar surface area (TPSA) is 58.2 Å². The fourth-order valence-corrected chi connectivity index (χ4v) is 3.85. The zero-order chi connectivity index (χ0) is 30.6. The van der Waals surface area contributed by atoms with Gasteiger partial charge in [0.25, 0.3) is 5.91 Å². The molecule has 0 spiro atoms. The van der Waals surface area contributed by atoms with Crippen LogP contribution in [0.2, 0.25) is 10.0 Å². The molecule has 2 rings (SSSR count). The van der Waals surface area contributed by atoms with E-state index in [2.05, 4.69) is 0 Å². The van der Waals surface area contributed by atoms with Gasteiger partial charge in [-0.25, -0.2) is 4.39 Å². The van der Waals surface area contributed by atoms with Gasteiger partial charge in [-0.3, -0.25) is 9.59 Å². The van der Waals surface area contributed by atoms with Crippen molar-refractivity contribution in [1.29, 1.82) is 0 Å². The predicted octanol–water partition coefficient (Wildman–Crippen LogP) is 8.05. The zero-order valence-corrected chi connectivity index (χ0v) is 21.5. The van der Waals surface area contributed by atoms with Crippen molar-refractivity contribution in [3.63, 3.8) is 0 Å². The lowest BCUT2D eigenvalue weighted by atomic mass is 9.96. The number of alkyl halides is 9. The lowest BCUT2D eigenvalue weighted by Crippen LogP contribution is -2.46. The minimum absolute atomic E-state index is 0.397. The molecule has 0 aromatic heterocycles. The highest BCUT2D eigenvalue weighted by molar-refractivity contribution is 6.35. The van der Waals surface area contributed by atoms with Crippen molar-refractivity contribution in [2.24, 2.45) is 0 Å². The third kappa shape index (κ3) is 9.58. The van der Waals surface area contributed by atoms with E-state index in [1.165, 1.54) is 0 Å². The fraction of sp³-hybridized carbons (Fsp3) is 0.333. The maximum Gasteiger partial charge on any atom is 0.417 e. The minimum atomic E-state index is -5.16. The molecule has 220 valence electrons. The van der Waals surface area contributed by atoms with Gasteiger partial charge >= 0.3 is 18.5 Å². The lowest BCUT2D eigenvalue weighted by molar-refractivity contribution is -0.144. The molecule has 2 amide bonds. The van der Waals surface area contributed by atoms with Crippen LogP contribution in [0.3, 0.4) is 0 Å². The van der Waals surface area contributed by atoms with E-state index in [9.17, 15) is 53.5 Å². The third-order valence-electron chi connectivity index (χ3n) is 5.15. The van der Waals surface area contributed by atoms with Crippen LogP contribution in [0.1, 0.15) is 52.7 Å². The highest BCUT2D eigenvalue weighted by Gasteiger charge is 2.40. The van der Waals surface area contributed by atoms with Gasteiger partial charge in [0, 0.05) is 6.42 Å². The summed E-state index contributed by atoms with van der Waals surface area (Å²) in [4.78, 5) is 24.0. The van der Waals surface area contributed by atoms with Crippen LogP contribution in [0.4, 0.5) is 43.9 Å². The SMILES string of the molecule is C[C@H](NC(=O)CCC(F)(F)F)NC(=O)c1ccc(/C=C/C(c2cc(Cl)c(F)c(Cl)c2)C(F)(F)F)cc1C(F)(F)F. The number of halogens is 12. The van der Waals surface area contributed by atoms with E-state index in [4.69, 9.17) is 23.2 Å². The van der Waals surface area contributed by atoms with Gasteiger partial charge in [0.15, 0.2) is 5.82 Å². The second kappa shape index (κ2) is 12.7. The van der Waals surface area contributed by atoms with Crippen molar-refractivity contribution < 1.29 is 53.5 Å². The summed E-state index contributed by atoms with van der Waals surface area (Å²) in [5, 5.41) is 2.57. The Kier molecular flexibility index (Phi) is 10.5. The molecule has 0 aliphatic rings. The third-order valence-corrected chi connectivity index (χ3v) is 5.70. The molecule has 0 bridgehead atoms. The molecule has 2 N–H and O–H groups in total. The summed E-state index contributed by atoms with van der Waals surface area (Å²) in [5.41, 5.74) is -3.49. The first-order valence-corrected chi connectivity index (χ1v) is 11.7. The van der Waals surface area contributed by atoms with E-state index in [0.717, 1.165) is 13.0 Å². The molecule has 2 aromatic rings. The van der Waals surface area contributed by atoms with Crippen molar-refractivity contribution in [3.05, 3.63) is 74.5 Å². The van der Waals surface area contributed by atoms with Crippen LogP contribution < -0.4 is 10.6 Å². The number of hydrogen-bond acceptors (Lipinski definition) is 2. The van der Waals surface area contributed by atoms with E-state index in [1.54, 1.807) is 0 Å². The van der Waals surface area contributed by atoms with Gasteiger partial charge in [-0.15, -0.1) is 0 Å². The molecule has 16 heteroatoms. The van der Waals surface area contributed by atoms with Gasteiger partial charge in [-0.05, 0) is 42.3 Å². The standard InChI is InChI=1S/C24H18Cl2F10N2O2/c1-11(37-19(39)6-7-22(28,29)30)38-21(40)14-4-2-12(8-16(14)24(34,35)36)3-5-15(23(31,32)33)13-9-17(25)20(27)18(26)10-13/h2-5,8-11,15H,6-7H2,1H3,(H,37,39)(H,38,40)/b5-3+/t11-,15?/m1/s1. The van der Waals surface area contributed by atoms with Crippen molar-refractivity contribution in [3.8, 4) is 0 Å². The van der Waals surface area contributed by atoms with E-state index in [1.807, 2.05) is 10.6 Å². The quantitative estimate of drug-likeness (QED) is 0.177. The average molecular weight is 627 g/mol. The summed E-state index contributed by atoms with van der Waals surface area (Å²) in [6.45, 7) is 1.10. The van der Waals surface area contributed by atoms with Gasteiger partial charge in [0.05, 0.1) is 39.7 Å².